The van der Waals surface area contributed by atoms with Gasteiger partial charge in [-0.15, -0.1) is 0 Å². The van der Waals surface area contributed by atoms with Crippen molar-refractivity contribution in [2.45, 2.75) is 43.8 Å². The Kier molecular flexibility index (Phi) is 3.04. The van der Waals surface area contributed by atoms with E-state index in [2.05, 4.69) is 10.6 Å². The molecule has 3 nitrogen and oxygen atoms in total. The van der Waals surface area contributed by atoms with E-state index in [9.17, 15) is 4.79 Å². The Balaban J connectivity index is 1.84. The Labute approximate surface area is 112 Å². The summed E-state index contributed by atoms with van der Waals surface area (Å²) in [5.41, 5.74) is 0.768. The minimum atomic E-state index is -0.262. The molecule has 4 heteroatoms. The first-order valence-corrected chi connectivity index (χ1v) is 6.92. The highest BCUT2D eigenvalue weighted by molar-refractivity contribution is 6.30. The predicted molar refractivity (Wildman–Crippen MR) is 71.3 cm³/mol. The van der Waals surface area contributed by atoms with E-state index in [1.165, 1.54) is 19.3 Å². The van der Waals surface area contributed by atoms with E-state index >= 15 is 0 Å². The van der Waals surface area contributed by atoms with Crippen molar-refractivity contribution in [3.63, 3.8) is 0 Å². The van der Waals surface area contributed by atoms with Crippen molar-refractivity contribution < 1.29 is 4.79 Å². The van der Waals surface area contributed by atoms with Crippen LogP contribution >= 0.6 is 11.6 Å². The van der Waals surface area contributed by atoms with Crippen LogP contribution in [0.1, 0.15) is 43.7 Å². The summed E-state index contributed by atoms with van der Waals surface area (Å²) < 4.78 is 0. The fourth-order valence-electron chi connectivity index (χ4n) is 3.03. The lowest BCUT2D eigenvalue weighted by molar-refractivity contribution is -0.121. The van der Waals surface area contributed by atoms with Gasteiger partial charge >= 0.3 is 0 Å². The summed E-state index contributed by atoms with van der Waals surface area (Å²) in [6, 6.07) is 7.26. The molecule has 1 aliphatic heterocycles. The van der Waals surface area contributed by atoms with Gasteiger partial charge in [0.15, 0.2) is 0 Å². The molecule has 1 heterocycles. The molecule has 2 N–H and O–H groups in total. The van der Waals surface area contributed by atoms with Gasteiger partial charge in [0.05, 0.1) is 5.66 Å². The van der Waals surface area contributed by atoms with E-state index in [0.717, 1.165) is 18.4 Å². The Morgan fingerprint density at radius 3 is 2.72 bits per heavy atom. The highest BCUT2D eigenvalue weighted by Gasteiger charge is 2.44. The second-order valence-electron chi connectivity index (χ2n) is 5.26. The van der Waals surface area contributed by atoms with E-state index in [1.54, 1.807) is 0 Å². The minimum Gasteiger partial charge on any atom is -0.336 e. The first kappa shape index (κ1) is 12.0. The summed E-state index contributed by atoms with van der Waals surface area (Å²) in [6.45, 7) is 0. The van der Waals surface area contributed by atoms with Gasteiger partial charge in [-0.05, 0) is 43.4 Å². The van der Waals surface area contributed by atoms with Gasteiger partial charge in [0.1, 0.15) is 6.04 Å². The van der Waals surface area contributed by atoms with Crippen molar-refractivity contribution in [2.24, 2.45) is 0 Å². The molecule has 1 aromatic carbocycles. The lowest BCUT2D eigenvalue weighted by Crippen LogP contribution is -2.51. The number of rotatable bonds is 1. The van der Waals surface area contributed by atoms with Crippen molar-refractivity contribution in [1.29, 1.82) is 0 Å². The van der Waals surface area contributed by atoms with Crippen LogP contribution in [-0.2, 0) is 4.79 Å². The largest absolute Gasteiger partial charge is 0.336 e. The molecular formula is C14H17ClN2O. The molecule has 18 heavy (non-hydrogen) atoms. The van der Waals surface area contributed by atoms with Crippen LogP contribution in [0.15, 0.2) is 24.3 Å². The summed E-state index contributed by atoms with van der Waals surface area (Å²) in [7, 11) is 0. The highest BCUT2D eigenvalue weighted by Crippen LogP contribution is 2.33. The van der Waals surface area contributed by atoms with Crippen LogP contribution in [0.4, 0.5) is 0 Å². The van der Waals surface area contributed by atoms with Gasteiger partial charge in [-0.3, -0.25) is 10.1 Å². The molecule has 2 fully saturated rings. The molecule has 1 aromatic rings. The molecular weight excluding hydrogens is 248 g/mol. The minimum absolute atomic E-state index is 0.0687. The van der Waals surface area contributed by atoms with Gasteiger partial charge in [-0.2, -0.15) is 0 Å². The van der Waals surface area contributed by atoms with E-state index in [4.69, 9.17) is 11.6 Å². The standard InChI is InChI=1S/C14H17ClN2O/c15-11-6-4-5-10(9-11)12-13(18)17-14(16-12)7-2-1-3-8-14/h4-6,9,12,16H,1-3,7-8H2,(H,17,18). The van der Waals surface area contributed by atoms with Crippen molar-refractivity contribution in [3.05, 3.63) is 34.9 Å². The molecule has 1 amide bonds. The topological polar surface area (TPSA) is 41.1 Å². The van der Waals surface area contributed by atoms with Gasteiger partial charge in [0, 0.05) is 5.02 Å². The Bertz CT molecular complexity index is 469. The summed E-state index contributed by atoms with van der Waals surface area (Å²) in [6.07, 6.45) is 5.66. The molecule has 0 radical (unpaired) electrons. The van der Waals surface area contributed by atoms with Crippen LogP contribution < -0.4 is 10.6 Å². The van der Waals surface area contributed by atoms with E-state index in [0.29, 0.717) is 5.02 Å². The summed E-state index contributed by atoms with van der Waals surface area (Å²) >= 11 is 5.99. The van der Waals surface area contributed by atoms with E-state index < -0.39 is 0 Å². The molecule has 3 rings (SSSR count). The zero-order valence-electron chi connectivity index (χ0n) is 10.2. The number of amides is 1. The maximum atomic E-state index is 12.1. The Hall–Kier alpha value is -1.06. The maximum Gasteiger partial charge on any atom is 0.243 e. The van der Waals surface area contributed by atoms with Gasteiger partial charge < -0.3 is 5.32 Å². The van der Waals surface area contributed by atoms with Gasteiger partial charge in [-0.1, -0.05) is 30.2 Å². The smallest absolute Gasteiger partial charge is 0.243 e. The molecule has 1 saturated carbocycles. The molecule has 0 aromatic heterocycles. The van der Waals surface area contributed by atoms with Crippen LogP contribution in [0.5, 0.6) is 0 Å². The molecule has 0 bridgehead atoms. The van der Waals surface area contributed by atoms with Crippen molar-refractivity contribution >= 4 is 17.5 Å². The van der Waals surface area contributed by atoms with Crippen LogP contribution in [0.2, 0.25) is 5.02 Å². The lowest BCUT2D eigenvalue weighted by atomic mass is 9.89. The van der Waals surface area contributed by atoms with Gasteiger partial charge in [0.25, 0.3) is 0 Å². The average Bonchev–Trinajstić information content (AvgIpc) is 2.67. The number of hydrogen-bond donors (Lipinski definition) is 2. The van der Waals surface area contributed by atoms with E-state index in [-0.39, 0.29) is 17.6 Å². The SMILES string of the molecule is O=C1NC2(CCCCC2)NC1c1cccc(Cl)c1. The molecule has 1 saturated heterocycles. The first-order chi connectivity index (χ1) is 8.69. The predicted octanol–water partition coefficient (Wildman–Crippen LogP) is 2.76. The third-order valence-electron chi connectivity index (χ3n) is 3.93. The summed E-state index contributed by atoms with van der Waals surface area (Å²) in [5, 5.41) is 7.30. The Morgan fingerprint density at radius 2 is 2.00 bits per heavy atom. The fourth-order valence-corrected chi connectivity index (χ4v) is 3.23. The number of benzene rings is 1. The number of halogens is 1. The number of carbonyl (C=O) groups is 1. The third-order valence-corrected chi connectivity index (χ3v) is 4.17. The first-order valence-electron chi connectivity index (χ1n) is 6.54. The third kappa shape index (κ3) is 2.13. The Morgan fingerprint density at radius 1 is 1.22 bits per heavy atom. The molecule has 96 valence electrons. The molecule has 1 aliphatic carbocycles. The second-order valence-corrected chi connectivity index (χ2v) is 5.70. The van der Waals surface area contributed by atoms with Crippen LogP contribution in [0.25, 0.3) is 0 Å². The molecule has 2 aliphatic rings. The summed E-state index contributed by atoms with van der Waals surface area (Å²) in [5.74, 6) is 0.0687. The molecule has 1 unspecified atom stereocenters. The van der Waals surface area contributed by atoms with Crippen molar-refractivity contribution in [2.75, 3.05) is 0 Å². The van der Waals surface area contributed by atoms with Crippen LogP contribution in [-0.4, -0.2) is 11.6 Å². The maximum absolute atomic E-state index is 12.1. The zero-order chi connectivity index (χ0) is 12.6. The average molecular weight is 265 g/mol. The van der Waals surface area contributed by atoms with Crippen molar-refractivity contribution in [3.8, 4) is 0 Å². The number of nitrogens with one attached hydrogen (secondary N) is 2. The number of hydrogen-bond acceptors (Lipinski definition) is 2. The van der Waals surface area contributed by atoms with Gasteiger partial charge in [0.2, 0.25) is 5.91 Å². The molecule has 1 atom stereocenters. The second kappa shape index (κ2) is 4.56. The number of carbonyl (C=O) groups excluding carboxylic acids is 1. The van der Waals surface area contributed by atoms with Crippen molar-refractivity contribution in [1.82, 2.24) is 10.6 Å². The fraction of sp³-hybridized carbons (Fsp3) is 0.500. The van der Waals surface area contributed by atoms with Gasteiger partial charge in [-0.25, -0.2) is 0 Å². The van der Waals surface area contributed by atoms with E-state index in [1.807, 2.05) is 24.3 Å². The van der Waals surface area contributed by atoms with Crippen LogP contribution in [0.3, 0.4) is 0 Å². The lowest BCUT2D eigenvalue weighted by Gasteiger charge is -2.33. The monoisotopic (exact) mass is 264 g/mol. The molecule has 1 spiro atoms. The quantitative estimate of drug-likeness (QED) is 0.819. The summed E-state index contributed by atoms with van der Waals surface area (Å²) in [4.78, 5) is 12.1. The van der Waals surface area contributed by atoms with Crippen LogP contribution in [0, 0.1) is 0 Å². The zero-order valence-corrected chi connectivity index (χ0v) is 11.0. The highest BCUT2D eigenvalue weighted by atomic mass is 35.5. The normalized spacial score (nSPS) is 26.3.